The topological polar surface area (TPSA) is 181 Å². The largest absolute Gasteiger partial charge is 0.464 e. The third kappa shape index (κ3) is 6.45. The SMILES string of the molecule is CCC(C)C(=O)OCC12C(OC(C)=O)C(OC(C)=O)CC(C)(O)C13OC(C)(C)C(C(OC(=O)C(C)CC)C2OC(=O)c1ccccc1)C3O. The summed E-state index contributed by atoms with van der Waals surface area (Å²) < 4.78 is 36.9. The average molecular weight is 691 g/mol. The highest BCUT2D eigenvalue weighted by Gasteiger charge is 2.88. The lowest BCUT2D eigenvalue weighted by atomic mass is 9.45. The van der Waals surface area contributed by atoms with Gasteiger partial charge in [0.15, 0.2) is 12.2 Å². The van der Waals surface area contributed by atoms with Crippen LogP contribution in [-0.4, -0.2) is 94.0 Å². The first-order valence-electron chi connectivity index (χ1n) is 16.9. The van der Waals surface area contributed by atoms with Gasteiger partial charge >= 0.3 is 29.8 Å². The van der Waals surface area contributed by atoms with Crippen molar-refractivity contribution in [2.45, 2.75) is 129 Å². The molecule has 13 nitrogen and oxygen atoms in total. The minimum Gasteiger partial charge on any atom is -0.464 e. The lowest BCUT2D eigenvalue weighted by Crippen LogP contribution is -2.85. The van der Waals surface area contributed by atoms with Crippen molar-refractivity contribution in [3.63, 3.8) is 0 Å². The molecule has 11 unspecified atom stereocenters. The van der Waals surface area contributed by atoms with Gasteiger partial charge in [-0.1, -0.05) is 45.9 Å². The highest BCUT2D eigenvalue weighted by Crippen LogP contribution is 2.69. The lowest BCUT2D eigenvalue weighted by Gasteiger charge is -2.66. The molecule has 0 radical (unpaired) electrons. The van der Waals surface area contributed by atoms with E-state index in [1.54, 1.807) is 59.7 Å². The van der Waals surface area contributed by atoms with Crippen molar-refractivity contribution < 1.29 is 62.6 Å². The molecule has 1 aromatic carbocycles. The van der Waals surface area contributed by atoms with E-state index in [4.69, 9.17) is 28.4 Å². The Labute approximate surface area is 286 Å². The molecule has 2 saturated carbocycles. The maximum atomic E-state index is 14.0. The molecule has 1 aromatic rings. The van der Waals surface area contributed by atoms with E-state index in [2.05, 4.69) is 0 Å². The van der Waals surface area contributed by atoms with Gasteiger partial charge < -0.3 is 38.6 Å². The van der Waals surface area contributed by atoms with E-state index in [1.807, 2.05) is 0 Å². The standard InChI is InChI=1S/C36H50O13/c1-10-19(3)30(40)44-18-35-28(46-22(6)38)24(45-21(5)37)17-34(9,43)36(35)27(39)25(33(7,8)49-36)26(47-31(41)20(4)11-2)29(35)48-32(42)23-15-13-12-14-16-23/h12-16,19-20,24-29,39,43H,10-11,17-18H2,1-9H3. The second-order valence-corrected chi connectivity index (χ2v) is 14.4. The molecule has 1 saturated heterocycles. The average Bonchev–Trinajstić information content (AvgIpc) is 3.21. The Morgan fingerprint density at radius 3 is 1.98 bits per heavy atom. The van der Waals surface area contributed by atoms with Crippen molar-refractivity contribution in [1.82, 2.24) is 0 Å². The first-order chi connectivity index (χ1) is 22.8. The Hall–Kier alpha value is -3.55. The van der Waals surface area contributed by atoms with Crippen molar-refractivity contribution in [1.29, 1.82) is 0 Å². The summed E-state index contributed by atoms with van der Waals surface area (Å²) in [6.07, 6.45) is -7.59. The molecular weight excluding hydrogens is 640 g/mol. The van der Waals surface area contributed by atoms with Crippen LogP contribution in [0, 0.1) is 23.2 Å². The summed E-state index contributed by atoms with van der Waals surface area (Å²) in [5.74, 6) is -6.25. The van der Waals surface area contributed by atoms with Gasteiger partial charge in [0, 0.05) is 20.3 Å². The molecule has 2 aliphatic carbocycles. The van der Waals surface area contributed by atoms with E-state index >= 15 is 0 Å². The highest BCUT2D eigenvalue weighted by molar-refractivity contribution is 5.89. The Balaban J connectivity index is 2.13. The van der Waals surface area contributed by atoms with Gasteiger partial charge in [-0.25, -0.2) is 4.79 Å². The number of aliphatic hydroxyl groups excluding tert-OH is 1. The maximum Gasteiger partial charge on any atom is 0.338 e. The third-order valence-corrected chi connectivity index (χ3v) is 10.7. The third-order valence-electron chi connectivity index (χ3n) is 10.7. The predicted octanol–water partition coefficient (Wildman–Crippen LogP) is 3.30. The molecule has 13 heteroatoms. The summed E-state index contributed by atoms with van der Waals surface area (Å²) in [6.45, 7) is 13.0. The summed E-state index contributed by atoms with van der Waals surface area (Å²) in [7, 11) is 0. The summed E-state index contributed by atoms with van der Waals surface area (Å²) >= 11 is 0. The molecule has 272 valence electrons. The zero-order valence-electron chi connectivity index (χ0n) is 29.7. The van der Waals surface area contributed by atoms with Gasteiger partial charge in [-0.3, -0.25) is 19.2 Å². The van der Waals surface area contributed by atoms with Gasteiger partial charge in [0.25, 0.3) is 0 Å². The Bertz CT molecular complexity index is 1420. The van der Waals surface area contributed by atoms with Crippen LogP contribution < -0.4 is 0 Å². The number of fused-ring (bicyclic) bond motifs is 1. The van der Waals surface area contributed by atoms with Crippen molar-refractivity contribution in [3.05, 3.63) is 35.9 Å². The van der Waals surface area contributed by atoms with Crippen LogP contribution in [0.25, 0.3) is 0 Å². The number of carbonyl (C=O) groups excluding carboxylic acids is 5. The second-order valence-electron chi connectivity index (χ2n) is 14.4. The molecule has 3 aliphatic rings. The smallest absolute Gasteiger partial charge is 0.338 e. The van der Waals surface area contributed by atoms with E-state index < -0.39 is 113 Å². The van der Waals surface area contributed by atoms with Crippen LogP contribution in [-0.2, 0) is 47.6 Å². The Morgan fingerprint density at radius 1 is 0.857 bits per heavy atom. The summed E-state index contributed by atoms with van der Waals surface area (Å²) in [4.78, 5) is 66.5. The van der Waals surface area contributed by atoms with E-state index in [-0.39, 0.29) is 5.56 Å². The molecule has 1 spiro atoms. The van der Waals surface area contributed by atoms with Gasteiger partial charge in [0.1, 0.15) is 29.8 Å². The molecule has 1 heterocycles. The van der Waals surface area contributed by atoms with Crippen molar-refractivity contribution >= 4 is 29.8 Å². The second kappa shape index (κ2) is 14.0. The molecule has 49 heavy (non-hydrogen) atoms. The number of ether oxygens (including phenoxy) is 6. The first-order valence-corrected chi connectivity index (χ1v) is 16.9. The summed E-state index contributed by atoms with van der Waals surface area (Å²) in [6, 6.07) is 7.94. The van der Waals surface area contributed by atoms with E-state index in [1.165, 1.54) is 19.1 Å². The van der Waals surface area contributed by atoms with Gasteiger partial charge in [-0.05, 0) is 45.7 Å². The van der Waals surface area contributed by atoms with Crippen LogP contribution in [0.5, 0.6) is 0 Å². The molecule has 3 fully saturated rings. The quantitative estimate of drug-likeness (QED) is 0.255. The fourth-order valence-electron chi connectivity index (χ4n) is 8.03. The minimum atomic E-state index is -2.24. The van der Waals surface area contributed by atoms with Crippen molar-refractivity contribution in [3.8, 4) is 0 Å². The maximum absolute atomic E-state index is 14.0. The molecule has 0 amide bonds. The molecule has 1 aliphatic heterocycles. The van der Waals surface area contributed by atoms with Crippen molar-refractivity contribution in [2.75, 3.05) is 6.61 Å². The van der Waals surface area contributed by atoms with Crippen molar-refractivity contribution in [2.24, 2.45) is 23.2 Å². The molecule has 4 rings (SSSR count). The van der Waals surface area contributed by atoms with E-state index in [0.29, 0.717) is 12.8 Å². The van der Waals surface area contributed by atoms with E-state index in [9.17, 15) is 34.2 Å². The van der Waals surface area contributed by atoms with Gasteiger partial charge in [0.05, 0.1) is 40.6 Å². The number of rotatable bonds is 11. The molecule has 11 atom stereocenters. The highest BCUT2D eigenvalue weighted by atomic mass is 16.6. The van der Waals surface area contributed by atoms with Crippen LogP contribution in [0.1, 0.15) is 91.9 Å². The van der Waals surface area contributed by atoms with Crippen LogP contribution in [0.3, 0.4) is 0 Å². The van der Waals surface area contributed by atoms with Gasteiger partial charge in [-0.15, -0.1) is 0 Å². The van der Waals surface area contributed by atoms with Crippen LogP contribution in [0.4, 0.5) is 0 Å². The molecular formula is C36H50O13. The van der Waals surface area contributed by atoms with Crippen LogP contribution in [0.15, 0.2) is 30.3 Å². The number of carbonyl (C=O) groups is 5. The number of esters is 5. The Morgan fingerprint density at radius 2 is 1.43 bits per heavy atom. The molecule has 2 bridgehead atoms. The zero-order valence-corrected chi connectivity index (χ0v) is 29.7. The molecule has 2 N–H and O–H groups in total. The monoisotopic (exact) mass is 690 g/mol. The van der Waals surface area contributed by atoms with Gasteiger partial charge in [-0.2, -0.15) is 0 Å². The normalized spacial score (nSPS) is 35.6. The zero-order chi connectivity index (χ0) is 36.7. The minimum absolute atomic E-state index is 0.108. The summed E-state index contributed by atoms with van der Waals surface area (Å²) in [5, 5.41) is 25.0. The predicted molar refractivity (Wildman–Crippen MR) is 172 cm³/mol. The number of benzene rings is 1. The summed E-state index contributed by atoms with van der Waals surface area (Å²) in [5.41, 5.74) is -7.86. The van der Waals surface area contributed by atoms with Gasteiger partial charge in [0.2, 0.25) is 0 Å². The number of aliphatic hydroxyl groups is 2. The number of hydrogen-bond donors (Lipinski definition) is 2. The van der Waals surface area contributed by atoms with E-state index in [0.717, 1.165) is 13.8 Å². The van der Waals surface area contributed by atoms with Crippen LogP contribution >= 0.6 is 0 Å². The Kier molecular flexibility index (Phi) is 10.9. The fourth-order valence-corrected chi connectivity index (χ4v) is 8.03. The number of hydrogen-bond acceptors (Lipinski definition) is 13. The molecule has 0 aromatic heterocycles. The van der Waals surface area contributed by atoms with Crippen LogP contribution in [0.2, 0.25) is 0 Å². The lowest BCUT2D eigenvalue weighted by molar-refractivity contribution is -0.363. The first kappa shape index (κ1) is 38.3. The fraction of sp³-hybridized carbons (Fsp3) is 0.694.